The predicted molar refractivity (Wildman–Crippen MR) is 121 cm³/mol. The Balaban J connectivity index is 1.44. The molecule has 3 aromatic rings. The number of hydrogen-bond acceptors (Lipinski definition) is 6. The fourth-order valence-corrected chi connectivity index (χ4v) is 7.16. The molecule has 164 valence electrons. The SMILES string of the molecule is CCc1nc(N2CCN(S(=O)(=O)c3ccc(F)cc3)CC2)c2c3c(sc2n1)CCCC3. The lowest BCUT2D eigenvalue weighted by Crippen LogP contribution is -2.49. The number of aromatic nitrogens is 2. The first-order valence-corrected chi connectivity index (χ1v) is 13.0. The van der Waals surface area contributed by atoms with Crippen molar-refractivity contribution in [3.63, 3.8) is 0 Å². The molecule has 0 radical (unpaired) electrons. The Labute approximate surface area is 185 Å². The lowest BCUT2D eigenvalue weighted by Gasteiger charge is -2.35. The molecule has 5 rings (SSSR count). The van der Waals surface area contributed by atoms with E-state index in [0.29, 0.717) is 26.2 Å². The van der Waals surface area contributed by atoms with Gasteiger partial charge in [0.1, 0.15) is 22.3 Å². The van der Waals surface area contributed by atoms with Crippen LogP contribution in [0.25, 0.3) is 10.2 Å². The van der Waals surface area contributed by atoms with Crippen LogP contribution in [0, 0.1) is 5.82 Å². The highest BCUT2D eigenvalue weighted by molar-refractivity contribution is 7.89. The van der Waals surface area contributed by atoms with E-state index < -0.39 is 15.8 Å². The number of fused-ring (bicyclic) bond motifs is 3. The molecule has 0 spiro atoms. The monoisotopic (exact) mass is 460 g/mol. The fraction of sp³-hybridized carbons (Fsp3) is 0.455. The Hall–Kier alpha value is -2.10. The maximum Gasteiger partial charge on any atom is 0.243 e. The van der Waals surface area contributed by atoms with Gasteiger partial charge in [-0.1, -0.05) is 6.92 Å². The molecular weight excluding hydrogens is 435 g/mol. The Morgan fingerprint density at radius 2 is 1.74 bits per heavy atom. The Kier molecular flexibility index (Phi) is 5.44. The summed E-state index contributed by atoms with van der Waals surface area (Å²) in [6.07, 6.45) is 5.36. The Bertz CT molecular complexity index is 1220. The molecule has 1 aromatic carbocycles. The van der Waals surface area contributed by atoms with Gasteiger partial charge in [-0.15, -0.1) is 11.3 Å². The van der Waals surface area contributed by atoms with Crippen LogP contribution >= 0.6 is 11.3 Å². The zero-order valence-corrected chi connectivity index (χ0v) is 19.1. The minimum absolute atomic E-state index is 0.131. The second kappa shape index (κ2) is 8.11. The van der Waals surface area contributed by atoms with Gasteiger partial charge in [0.15, 0.2) is 0 Å². The molecule has 0 unspecified atom stereocenters. The minimum Gasteiger partial charge on any atom is -0.353 e. The summed E-state index contributed by atoms with van der Waals surface area (Å²) in [4.78, 5) is 14.5. The van der Waals surface area contributed by atoms with Gasteiger partial charge in [0, 0.05) is 37.5 Å². The van der Waals surface area contributed by atoms with Crippen LogP contribution in [0.2, 0.25) is 0 Å². The lowest BCUT2D eigenvalue weighted by molar-refractivity contribution is 0.384. The van der Waals surface area contributed by atoms with Crippen LogP contribution in [-0.2, 0) is 29.3 Å². The van der Waals surface area contributed by atoms with E-state index in [0.717, 1.165) is 35.7 Å². The predicted octanol–water partition coefficient (Wildman–Crippen LogP) is 3.78. The van der Waals surface area contributed by atoms with E-state index in [2.05, 4.69) is 11.8 Å². The molecule has 1 saturated heterocycles. The summed E-state index contributed by atoms with van der Waals surface area (Å²) in [5.74, 6) is 1.35. The maximum absolute atomic E-state index is 13.2. The number of thiophene rings is 1. The molecule has 0 amide bonds. The maximum atomic E-state index is 13.2. The van der Waals surface area contributed by atoms with Gasteiger partial charge < -0.3 is 4.90 Å². The van der Waals surface area contributed by atoms with Crippen molar-refractivity contribution in [1.29, 1.82) is 0 Å². The first-order valence-electron chi connectivity index (χ1n) is 10.8. The highest BCUT2D eigenvalue weighted by Gasteiger charge is 2.31. The summed E-state index contributed by atoms with van der Waals surface area (Å²) in [5, 5.41) is 1.17. The number of rotatable bonds is 4. The third-order valence-corrected chi connectivity index (χ3v) is 9.25. The zero-order chi connectivity index (χ0) is 21.6. The number of anilines is 1. The van der Waals surface area contributed by atoms with Crippen molar-refractivity contribution in [2.75, 3.05) is 31.1 Å². The van der Waals surface area contributed by atoms with Gasteiger partial charge in [-0.25, -0.2) is 22.8 Å². The van der Waals surface area contributed by atoms with Gasteiger partial charge in [0.25, 0.3) is 0 Å². The Morgan fingerprint density at radius 1 is 1.03 bits per heavy atom. The van der Waals surface area contributed by atoms with Gasteiger partial charge in [-0.05, 0) is 55.5 Å². The quantitative estimate of drug-likeness (QED) is 0.593. The number of piperazine rings is 1. The van der Waals surface area contributed by atoms with E-state index in [1.807, 2.05) is 0 Å². The molecule has 0 bridgehead atoms. The zero-order valence-electron chi connectivity index (χ0n) is 17.5. The van der Waals surface area contributed by atoms with Crippen LogP contribution in [0.5, 0.6) is 0 Å². The first kappa shape index (κ1) is 20.8. The summed E-state index contributed by atoms with van der Waals surface area (Å²) >= 11 is 1.80. The highest BCUT2D eigenvalue weighted by Crippen LogP contribution is 2.40. The molecule has 6 nitrogen and oxygen atoms in total. The number of benzene rings is 1. The molecule has 1 aliphatic carbocycles. The largest absolute Gasteiger partial charge is 0.353 e. The number of aryl methyl sites for hydroxylation is 3. The average molecular weight is 461 g/mol. The fourth-order valence-electron chi connectivity index (χ4n) is 4.46. The van der Waals surface area contributed by atoms with Crippen molar-refractivity contribution in [2.24, 2.45) is 0 Å². The molecule has 0 saturated carbocycles. The van der Waals surface area contributed by atoms with E-state index in [9.17, 15) is 12.8 Å². The van der Waals surface area contributed by atoms with Gasteiger partial charge in [-0.3, -0.25) is 0 Å². The van der Waals surface area contributed by atoms with Gasteiger partial charge in [0.05, 0.1) is 10.3 Å². The average Bonchev–Trinajstić information content (AvgIpc) is 3.17. The van der Waals surface area contributed by atoms with E-state index in [1.165, 1.54) is 57.2 Å². The van der Waals surface area contributed by atoms with Crippen molar-refractivity contribution in [3.8, 4) is 0 Å². The molecule has 2 aliphatic rings. The molecule has 2 aromatic heterocycles. The number of sulfonamides is 1. The highest BCUT2D eigenvalue weighted by atomic mass is 32.2. The third kappa shape index (κ3) is 3.72. The number of nitrogens with zero attached hydrogens (tertiary/aromatic N) is 4. The van der Waals surface area contributed by atoms with Crippen molar-refractivity contribution < 1.29 is 12.8 Å². The smallest absolute Gasteiger partial charge is 0.243 e. The number of halogens is 1. The number of hydrogen-bond donors (Lipinski definition) is 0. The molecule has 9 heteroatoms. The van der Waals surface area contributed by atoms with Crippen LogP contribution in [0.4, 0.5) is 10.2 Å². The molecular formula is C22H25FN4O2S2. The van der Waals surface area contributed by atoms with Crippen LogP contribution in [0.15, 0.2) is 29.2 Å². The first-order chi connectivity index (χ1) is 15.0. The molecule has 0 atom stereocenters. The summed E-state index contributed by atoms with van der Waals surface area (Å²) in [6.45, 7) is 3.95. The van der Waals surface area contributed by atoms with Crippen molar-refractivity contribution in [3.05, 3.63) is 46.3 Å². The van der Waals surface area contributed by atoms with E-state index in [4.69, 9.17) is 9.97 Å². The molecule has 31 heavy (non-hydrogen) atoms. The van der Waals surface area contributed by atoms with Gasteiger partial charge in [-0.2, -0.15) is 4.31 Å². The summed E-state index contributed by atoms with van der Waals surface area (Å²) < 4.78 is 40.6. The molecule has 1 fully saturated rings. The van der Waals surface area contributed by atoms with Crippen molar-refractivity contribution in [1.82, 2.24) is 14.3 Å². The summed E-state index contributed by atoms with van der Waals surface area (Å²) in [7, 11) is -3.63. The second-order valence-corrected chi connectivity index (χ2v) is 11.1. The van der Waals surface area contributed by atoms with Crippen LogP contribution < -0.4 is 4.90 Å². The minimum atomic E-state index is -3.63. The molecule has 1 aliphatic heterocycles. The van der Waals surface area contributed by atoms with Gasteiger partial charge >= 0.3 is 0 Å². The van der Waals surface area contributed by atoms with Crippen LogP contribution in [0.3, 0.4) is 0 Å². The topological polar surface area (TPSA) is 66.4 Å². The Morgan fingerprint density at radius 3 is 2.45 bits per heavy atom. The normalized spacial score (nSPS) is 17.8. The summed E-state index contributed by atoms with van der Waals surface area (Å²) in [5.41, 5.74) is 1.39. The van der Waals surface area contributed by atoms with Crippen LogP contribution in [0.1, 0.15) is 36.0 Å². The molecule has 3 heterocycles. The third-order valence-electron chi connectivity index (χ3n) is 6.15. The molecule has 0 N–H and O–H groups in total. The van der Waals surface area contributed by atoms with Crippen molar-refractivity contribution in [2.45, 2.75) is 43.9 Å². The second-order valence-electron chi connectivity index (χ2n) is 8.05. The van der Waals surface area contributed by atoms with Crippen LogP contribution in [-0.4, -0.2) is 48.9 Å². The lowest BCUT2D eigenvalue weighted by atomic mass is 9.97. The van der Waals surface area contributed by atoms with Crippen molar-refractivity contribution >= 4 is 37.4 Å². The standard InChI is InChI=1S/C22H25FN4O2S2/c1-2-19-24-21(20-17-5-3-4-6-18(17)30-22(20)25-19)26-11-13-27(14-12-26)31(28,29)16-9-7-15(23)8-10-16/h7-10H,2-6,11-14H2,1H3. The van der Waals surface area contributed by atoms with Gasteiger partial charge in [0.2, 0.25) is 10.0 Å². The van der Waals surface area contributed by atoms with E-state index in [1.54, 1.807) is 11.3 Å². The van der Waals surface area contributed by atoms with E-state index >= 15 is 0 Å². The summed E-state index contributed by atoms with van der Waals surface area (Å²) in [6, 6.07) is 5.03. The van der Waals surface area contributed by atoms with E-state index in [-0.39, 0.29) is 4.90 Å².